The number of benzene rings is 1. The van der Waals surface area contributed by atoms with E-state index in [4.69, 9.17) is 11.6 Å². The maximum Gasteiger partial charge on any atom is 0.319 e. The topological polar surface area (TPSA) is 61.4 Å². The molecule has 1 unspecified atom stereocenters. The van der Waals surface area contributed by atoms with Crippen LogP contribution < -0.4 is 10.6 Å². The van der Waals surface area contributed by atoms with Crippen molar-refractivity contribution in [3.05, 3.63) is 28.8 Å². The molecule has 106 valence electrons. The Morgan fingerprint density at radius 1 is 1.42 bits per heavy atom. The normalized spacial score (nSPS) is 12.9. The summed E-state index contributed by atoms with van der Waals surface area (Å²) in [6, 6.07) is 4.90. The van der Waals surface area contributed by atoms with Crippen LogP contribution in [0.3, 0.4) is 0 Å². The molecule has 5 heteroatoms. The van der Waals surface area contributed by atoms with Crippen LogP contribution >= 0.6 is 11.6 Å². The van der Waals surface area contributed by atoms with Crippen LogP contribution in [0, 0.1) is 12.3 Å². The van der Waals surface area contributed by atoms with Crippen molar-refractivity contribution in [2.45, 2.75) is 33.8 Å². The van der Waals surface area contributed by atoms with E-state index in [1.165, 1.54) is 0 Å². The van der Waals surface area contributed by atoms with Crippen LogP contribution in [0.25, 0.3) is 0 Å². The van der Waals surface area contributed by atoms with E-state index in [9.17, 15) is 9.90 Å². The molecule has 4 nitrogen and oxygen atoms in total. The number of aliphatic hydroxyl groups excluding tert-OH is 1. The summed E-state index contributed by atoms with van der Waals surface area (Å²) in [6.07, 6.45) is -0.593. The third-order valence-electron chi connectivity index (χ3n) is 2.89. The van der Waals surface area contributed by atoms with Gasteiger partial charge in [0.25, 0.3) is 0 Å². The lowest BCUT2D eigenvalue weighted by molar-refractivity contribution is 0.0654. The molecular weight excluding hydrogens is 264 g/mol. The molecule has 3 N–H and O–H groups in total. The van der Waals surface area contributed by atoms with Gasteiger partial charge in [-0.15, -0.1) is 0 Å². The van der Waals surface area contributed by atoms with Crippen LogP contribution in [0.4, 0.5) is 10.5 Å². The zero-order valence-corrected chi connectivity index (χ0v) is 12.5. The van der Waals surface area contributed by atoms with Gasteiger partial charge in [0.05, 0.1) is 6.10 Å². The molecule has 0 spiro atoms. The number of anilines is 1. The molecule has 0 aliphatic rings. The van der Waals surface area contributed by atoms with Crippen molar-refractivity contribution in [1.29, 1.82) is 0 Å². The fourth-order valence-corrected chi connectivity index (χ4v) is 1.66. The summed E-state index contributed by atoms with van der Waals surface area (Å²) in [5.74, 6) is 0. The molecule has 2 amide bonds. The van der Waals surface area contributed by atoms with E-state index in [1.807, 2.05) is 27.7 Å². The number of amides is 2. The summed E-state index contributed by atoms with van der Waals surface area (Å²) in [4.78, 5) is 11.7. The van der Waals surface area contributed by atoms with Crippen molar-refractivity contribution in [1.82, 2.24) is 5.32 Å². The fourth-order valence-electron chi connectivity index (χ4n) is 1.43. The average molecular weight is 285 g/mol. The molecule has 0 saturated carbocycles. The minimum atomic E-state index is -0.593. The molecule has 0 aliphatic heterocycles. The Morgan fingerprint density at radius 3 is 2.58 bits per heavy atom. The minimum absolute atomic E-state index is 0.210. The largest absolute Gasteiger partial charge is 0.391 e. The molecule has 0 aliphatic carbocycles. The Labute approximate surface area is 119 Å². The molecule has 0 fully saturated rings. The highest BCUT2D eigenvalue weighted by Crippen LogP contribution is 2.20. The minimum Gasteiger partial charge on any atom is -0.391 e. The average Bonchev–Trinajstić information content (AvgIpc) is 2.28. The van der Waals surface area contributed by atoms with Gasteiger partial charge in [-0.3, -0.25) is 0 Å². The van der Waals surface area contributed by atoms with Gasteiger partial charge in [-0.1, -0.05) is 32.4 Å². The van der Waals surface area contributed by atoms with Crippen LogP contribution in [0.5, 0.6) is 0 Å². The van der Waals surface area contributed by atoms with Gasteiger partial charge in [-0.05, 0) is 36.1 Å². The summed E-state index contributed by atoms with van der Waals surface area (Å²) < 4.78 is 0. The summed E-state index contributed by atoms with van der Waals surface area (Å²) in [6.45, 7) is 7.83. The van der Waals surface area contributed by atoms with Crippen molar-refractivity contribution >= 4 is 23.3 Å². The number of rotatable bonds is 3. The van der Waals surface area contributed by atoms with Crippen LogP contribution in [0.1, 0.15) is 26.3 Å². The Kier molecular flexibility index (Phi) is 5.20. The molecule has 0 bridgehead atoms. The van der Waals surface area contributed by atoms with Crippen molar-refractivity contribution in [2.24, 2.45) is 5.41 Å². The van der Waals surface area contributed by atoms with E-state index in [0.29, 0.717) is 10.7 Å². The van der Waals surface area contributed by atoms with Gasteiger partial charge >= 0.3 is 6.03 Å². The van der Waals surface area contributed by atoms with Gasteiger partial charge in [-0.25, -0.2) is 4.79 Å². The van der Waals surface area contributed by atoms with Gasteiger partial charge in [-0.2, -0.15) is 0 Å². The number of nitrogens with one attached hydrogen (secondary N) is 2. The number of aliphatic hydroxyl groups is 1. The third-order valence-corrected chi connectivity index (χ3v) is 3.13. The SMILES string of the molecule is Cc1cc(Cl)ccc1NC(=O)NCC(O)C(C)(C)C. The van der Waals surface area contributed by atoms with Gasteiger partial charge < -0.3 is 15.7 Å². The van der Waals surface area contributed by atoms with E-state index >= 15 is 0 Å². The van der Waals surface area contributed by atoms with E-state index < -0.39 is 6.10 Å². The highest BCUT2D eigenvalue weighted by Gasteiger charge is 2.22. The van der Waals surface area contributed by atoms with Crippen LogP contribution in [0.2, 0.25) is 5.02 Å². The highest BCUT2D eigenvalue weighted by molar-refractivity contribution is 6.30. The maximum atomic E-state index is 11.7. The number of hydrogen-bond acceptors (Lipinski definition) is 2. The molecule has 1 aromatic rings. The molecule has 0 saturated heterocycles. The van der Waals surface area contributed by atoms with Crippen LogP contribution in [-0.4, -0.2) is 23.8 Å². The predicted octanol–water partition coefficient (Wildman–Crippen LogP) is 3.18. The Morgan fingerprint density at radius 2 is 2.05 bits per heavy atom. The molecule has 19 heavy (non-hydrogen) atoms. The van der Waals surface area contributed by atoms with Crippen molar-refractivity contribution in [3.8, 4) is 0 Å². The van der Waals surface area contributed by atoms with Crippen LogP contribution in [-0.2, 0) is 0 Å². The van der Waals surface area contributed by atoms with Gasteiger partial charge in [0.15, 0.2) is 0 Å². The number of urea groups is 1. The number of aryl methyl sites for hydroxylation is 1. The van der Waals surface area contributed by atoms with E-state index in [1.54, 1.807) is 18.2 Å². The van der Waals surface area contributed by atoms with Crippen molar-refractivity contribution in [3.63, 3.8) is 0 Å². The third kappa shape index (κ3) is 5.09. The fraction of sp³-hybridized carbons (Fsp3) is 0.500. The molecular formula is C14H21ClN2O2. The van der Waals surface area contributed by atoms with Crippen molar-refractivity contribution < 1.29 is 9.90 Å². The summed E-state index contributed by atoms with van der Waals surface area (Å²) in [7, 11) is 0. The quantitative estimate of drug-likeness (QED) is 0.798. The zero-order chi connectivity index (χ0) is 14.6. The van der Waals surface area contributed by atoms with Crippen molar-refractivity contribution in [2.75, 3.05) is 11.9 Å². The second-order valence-electron chi connectivity index (χ2n) is 5.68. The summed E-state index contributed by atoms with van der Waals surface area (Å²) >= 11 is 5.85. The lowest BCUT2D eigenvalue weighted by Crippen LogP contribution is -2.40. The second kappa shape index (κ2) is 6.26. The summed E-state index contributed by atoms with van der Waals surface area (Å²) in [5.41, 5.74) is 1.33. The Balaban J connectivity index is 2.52. The molecule has 1 rings (SSSR count). The van der Waals surface area contributed by atoms with E-state index in [2.05, 4.69) is 10.6 Å². The molecule has 1 atom stereocenters. The first kappa shape index (κ1) is 15.8. The number of halogens is 1. The first-order chi connectivity index (χ1) is 8.70. The maximum absolute atomic E-state index is 11.7. The van der Waals surface area contributed by atoms with Gasteiger partial charge in [0.2, 0.25) is 0 Å². The molecule has 0 heterocycles. The number of hydrogen-bond donors (Lipinski definition) is 3. The highest BCUT2D eigenvalue weighted by atomic mass is 35.5. The number of carbonyl (C=O) groups excluding carboxylic acids is 1. The standard InChI is InChI=1S/C14H21ClN2O2/c1-9-7-10(15)5-6-11(9)17-13(19)16-8-12(18)14(2,3)4/h5-7,12,18H,8H2,1-4H3,(H2,16,17,19). The van der Waals surface area contributed by atoms with E-state index in [0.717, 1.165) is 5.56 Å². The summed E-state index contributed by atoms with van der Waals surface area (Å²) in [5, 5.41) is 15.8. The zero-order valence-electron chi connectivity index (χ0n) is 11.7. The van der Waals surface area contributed by atoms with Gasteiger partial charge in [0, 0.05) is 17.3 Å². The Hall–Kier alpha value is -1.26. The molecule has 1 aromatic carbocycles. The van der Waals surface area contributed by atoms with Crippen LogP contribution in [0.15, 0.2) is 18.2 Å². The lowest BCUT2D eigenvalue weighted by atomic mass is 9.89. The molecule has 0 aromatic heterocycles. The monoisotopic (exact) mass is 284 g/mol. The predicted molar refractivity (Wildman–Crippen MR) is 78.7 cm³/mol. The second-order valence-corrected chi connectivity index (χ2v) is 6.11. The first-order valence-corrected chi connectivity index (χ1v) is 6.57. The lowest BCUT2D eigenvalue weighted by Gasteiger charge is -2.25. The first-order valence-electron chi connectivity index (χ1n) is 6.19. The van der Waals surface area contributed by atoms with Gasteiger partial charge in [0.1, 0.15) is 0 Å². The molecule has 0 radical (unpaired) electrons. The Bertz CT molecular complexity index is 455. The smallest absolute Gasteiger partial charge is 0.319 e. The number of carbonyl (C=O) groups is 1. The van der Waals surface area contributed by atoms with E-state index in [-0.39, 0.29) is 18.0 Å².